The normalized spacial score (nSPS) is 17.9. The summed E-state index contributed by atoms with van der Waals surface area (Å²) in [5.74, 6) is 0.425. The van der Waals surface area contributed by atoms with Crippen molar-refractivity contribution in [2.75, 3.05) is 32.7 Å². The molecule has 2 aliphatic heterocycles. The van der Waals surface area contributed by atoms with E-state index in [-0.39, 0.29) is 18.4 Å². The molecule has 0 bridgehead atoms. The lowest BCUT2D eigenvalue weighted by atomic mass is 9.91. The fraction of sp³-hybridized carbons (Fsp3) is 0.500. The third-order valence-electron chi connectivity index (χ3n) is 6.81. The van der Waals surface area contributed by atoms with Crippen LogP contribution in [0.25, 0.3) is 0 Å². The molecule has 1 atom stereocenters. The molecule has 2 N–H and O–H groups in total. The average Bonchev–Trinajstić information content (AvgIpc) is 2.83. The summed E-state index contributed by atoms with van der Waals surface area (Å²) in [4.78, 5) is 32.7. The summed E-state index contributed by atoms with van der Waals surface area (Å²) in [5.41, 5.74) is 4.17. The quantitative estimate of drug-likeness (QED) is 0.674. The first-order chi connectivity index (χ1) is 16.0. The molecule has 0 radical (unpaired) electrons. The van der Waals surface area contributed by atoms with Gasteiger partial charge in [-0.1, -0.05) is 24.3 Å². The maximum atomic E-state index is 12.7. The van der Waals surface area contributed by atoms with Crippen molar-refractivity contribution in [2.45, 2.75) is 45.3 Å². The van der Waals surface area contributed by atoms with Crippen LogP contribution in [0.2, 0.25) is 0 Å². The number of nitrogens with one attached hydrogen (secondary N) is 1. The number of rotatable bonds is 7. The molecule has 1 aromatic carbocycles. The fourth-order valence-corrected chi connectivity index (χ4v) is 4.86. The number of nitrogens with zero attached hydrogens (tertiary/aromatic N) is 3. The predicted octanol–water partition coefficient (Wildman–Crippen LogP) is 2.03. The molecular weight excluding hydrogens is 416 g/mol. The van der Waals surface area contributed by atoms with Gasteiger partial charge in [-0.15, -0.1) is 0 Å². The summed E-state index contributed by atoms with van der Waals surface area (Å²) in [5, 5.41) is 13.3. The molecule has 1 saturated heterocycles. The van der Waals surface area contributed by atoms with Crippen LogP contribution in [0.5, 0.6) is 0 Å². The van der Waals surface area contributed by atoms with Crippen molar-refractivity contribution in [3.63, 3.8) is 0 Å². The van der Waals surface area contributed by atoms with Gasteiger partial charge in [0, 0.05) is 63.6 Å². The zero-order valence-corrected chi connectivity index (χ0v) is 19.4. The molecule has 1 fully saturated rings. The number of hydrogen-bond acceptors (Lipinski definition) is 5. The van der Waals surface area contributed by atoms with E-state index in [9.17, 15) is 14.7 Å². The number of pyridine rings is 1. The first kappa shape index (κ1) is 23.4. The molecule has 33 heavy (non-hydrogen) atoms. The largest absolute Gasteiger partial charge is 0.390 e. The van der Waals surface area contributed by atoms with Gasteiger partial charge >= 0.3 is 0 Å². The molecule has 2 aliphatic rings. The summed E-state index contributed by atoms with van der Waals surface area (Å²) >= 11 is 0. The van der Waals surface area contributed by atoms with Crippen LogP contribution >= 0.6 is 0 Å². The van der Waals surface area contributed by atoms with Crippen LogP contribution in [0.1, 0.15) is 46.9 Å². The molecule has 176 valence electrons. The van der Waals surface area contributed by atoms with Gasteiger partial charge in [-0.3, -0.25) is 19.5 Å². The van der Waals surface area contributed by atoms with E-state index in [1.165, 1.54) is 11.1 Å². The minimum absolute atomic E-state index is 0.137. The number of carbonyl (C=O) groups is 2. The van der Waals surface area contributed by atoms with E-state index < -0.39 is 6.10 Å². The van der Waals surface area contributed by atoms with E-state index in [1.54, 1.807) is 19.2 Å². The van der Waals surface area contributed by atoms with Gasteiger partial charge in [0.05, 0.1) is 6.10 Å². The van der Waals surface area contributed by atoms with Crippen LogP contribution in [-0.2, 0) is 24.2 Å². The summed E-state index contributed by atoms with van der Waals surface area (Å²) in [6.07, 6.45) is 4.79. The SMILES string of the molecule is CC(=O)N1CCC(Cc2cc(C(=O)NC[C@H](O)CN3CCc4ccccc4C3)ccn2)CC1. The van der Waals surface area contributed by atoms with Gasteiger partial charge < -0.3 is 15.3 Å². The fourth-order valence-electron chi connectivity index (χ4n) is 4.86. The number of carbonyl (C=O) groups excluding carboxylic acids is 2. The van der Waals surface area contributed by atoms with E-state index in [0.29, 0.717) is 18.0 Å². The lowest BCUT2D eigenvalue weighted by Crippen LogP contribution is -2.42. The van der Waals surface area contributed by atoms with Crippen molar-refractivity contribution in [1.82, 2.24) is 20.1 Å². The van der Waals surface area contributed by atoms with E-state index in [2.05, 4.69) is 39.5 Å². The van der Waals surface area contributed by atoms with Crippen LogP contribution in [0, 0.1) is 5.92 Å². The molecule has 4 rings (SSSR count). The Labute approximate surface area is 195 Å². The van der Waals surface area contributed by atoms with Gasteiger partial charge in [-0.25, -0.2) is 0 Å². The Morgan fingerprint density at radius 2 is 1.91 bits per heavy atom. The minimum atomic E-state index is -0.619. The number of hydrogen-bond donors (Lipinski definition) is 2. The highest BCUT2D eigenvalue weighted by Gasteiger charge is 2.22. The van der Waals surface area contributed by atoms with Crippen molar-refractivity contribution in [2.24, 2.45) is 5.92 Å². The molecule has 0 unspecified atom stereocenters. The van der Waals surface area contributed by atoms with Crippen LogP contribution in [0.3, 0.4) is 0 Å². The second-order valence-electron chi connectivity index (χ2n) is 9.31. The smallest absolute Gasteiger partial charge is 0.251 e. The van der Waals surface area contributed by atoms with Crippen LogP contribution < -0.4 is 5.32 Å². The highest BCUT2D eigenvalue weighted by molar-refractivity contribution is 5.94. The van der Waals surface area contributed by atoms with Gasteiger partial charge in [0.2, 0.25) is 5.91 Å². The van der Waals surface area contributed by atoms with E-state index in [4.69, 9.17) is 0 Å². The monoisotopic (exact) mass is 450 g/mol. The standard InChI is InChI=1S/C26H34N4O3/c1-19(31)30-12-7-20(8-13-30)14-24-15-22(6-10-27-24)26(33)28-16-25(32)18-29-11-9-21-4-2-3-5-23(21)17-29/h2-6,10,15,20,25,32H,7-9,11-14,16-18H2,1H3,(H,28,33)/t25-/m0/s1. The van der Waals surface area contributed by atoms with Gasteiger partial charge in [0.25, 0.3) is 5.91 Å². The summed E-state index contributed by atoms with van der Waals surface area (Å²) in [6, 6.07) is 12.0. The van der Waals surface area contributed by atoms with Gasteiger partial charge in [0.1, 0.15) is 0 Å². The lowest BCUT2D eigenvalue weighted by molar-refractivity contribution is -0.130. The van der Waals surface area contributed by atoms with Crippen molar-refractivity contribution in [3.05, 3.63) is 65.0 Å². The highest BCUT2D eigenvalue weighted by Crippen LogP contribution is 2.21. The van der Waals surface area contributed by atoms with Gasteiger partial charge in [-0.2, -0.15) is 0 Å². The minimum Gasteiger partial charge on any atom is -0.390 e. The Balaban J connectivity index is 1.23. The molecular formula is C26H34N4O3. The number of β-amino-alcohol motifs (C(OH)–C–C–N with tert-alkyl or cyclic N) is 1. The van der Waals surface area contributed by atoms with Crippen molar-refractivity contribution < 1.29 is 14.7 Å². The molecule has 2 aromatic rings. The number of amides is 2. The lowest BCUT2D eigenvalue weighted by Gasteiger charge is -2.31. The molecule has 7 heteroatoms. The number of benzene rings is 1. The second kappa shape index (κ2) is 10.9. The molecule has 0 saturated carbocycles. The van der Waals surface area contributed by atoms with Crippen LogP contribution in [0.4, 0.5) is 0 Å². The van der Waals surface area contributed by atoms with Crippen molar-refractivity contribution in [3.8, 4) is 0 Å². The first-order valence-electron chi connectivity index (χ1n) is 11.9. The number of fused-ring (bicyclic) bond motifs is 1. The maximum Gasteiger partial charge on any atom is 0.251 e. The van der Waals surface area contributed by atoms with E-state index >= 15 is 0 Å². The number of aromatic nitrogens is 1. The number of piperidine rings is 1. The van der Waals surface area contributed by atoms with Crippen molar-refractivity contribution >= 4 is 11.8 Å². The average molecular weight is 451 g/mol. The molecule has 0 spiro atoms. The number of likely N-dealkylation sites (tertiary alicyclic amines) is 1. The van der Waals surface area contributed by atoms with Crippen molar-refractivity contribution in [1.29, 1.82) is 0 Å². The zero-order valence-electron chi connectivity index (χ0n) is 19.4. The van der Waals surface area contributed by atoms with Crippen LogP contribution in [0.15, 0.2) is 42.6 Å². The Hall–Kier alpha value is -2.77. The second-order valence-corrected chi connectivity index (χ2v) is 9.31. The number of aliphatic hydroxyl groups is 1. The van der Waals surface area contributed by atoms with Gasteiger partial charge in [0.15, 0.2) is 0 Å². The maximum absolute atomic E-state index is 12.7. The highest BCUT2D eigenvalue weighted by atomic mass is 16.3. The third-order valence-corrected chi connectivity index (χ3v) is 6.81. The molecule has 7 nitrogen and oxygen atoms in total. The Morgan fingerprint density at radius 3 is 2.67 bits per heavy atom. The van der Waals surface area contributed by atoms with Crippen LogP contribution in [-0.4, -0.2) is 70.5 Å². The van der Waals surface area contributed by atoms with E-state index in [0.717, 1.165) is 57.6 Å². The molecule has 2 amide bonds. The Bertz CT molecular complexity index is 972. The summed E-state index contributed by atoms with van der Waals surface area (Å²) < 4.78 is 0. The summed E-state index contributed by atoms with van der Waals surface area (Å²) in [7, 11) is 0. The zero-order chi connectivity index (χ0) is 23.2. The molecule has 3 heterocycles. The first-order valence-corrected chi connectivity index (χ1v) is 11.9. The molecule has 1 aromatic heterocycles. The number of aliphatic hydroxyl groups excluding tert-OH is 1. The Morgan fingerprint density at radius 1 is 1.15 bits per heavy atom. The third kappa shape index (κ3) is 6.39. The van der Waals surface area contributed by atoms with E-state index in [1.807, 2.05) is 11.0 Å². The Kier molecular flexibility index (Phi) is 7.73. The summed E-state index contributed by atoms with van der Waals surface area (Å²) in [6.45, 7) is 5.71. The molecule has 0 aliphatic carbocycles. The topological polar surface area (TPSA) is 85.8 Å². The van der Waals surface area contributed by atoms with Gasteiger partial charge in [-0.05, 0) is 54.9 Å². The predicted molar refractivity (Wildman–Crippen MR) is 127 cm³/mol.